The van der Waals surface area contributed by atoms with Crippen molar-refractivity contribution in [2.45, 2.75) is 39.2 Å². The second-order valence-corrected chi connectivity index (χ2v) is 3.93. The molecule has 17 heavy (non-hydrogen) atoms. The van der Waals surface area contributed by atoms with Crippen molar-refractivity contribution in [2.75, 3.05) is 6.54 Å². The van der Waals surface area contributed by atoms with Gasteiger partial charge < -0.3 is 10.0 Å². The predicted molar refractivity (Wildman–Crippen MR) is 71.8 cm³/mol. The fraction of sp³-hybridized carbons (Fsp3) is 0.500. The highest BCUT2D eigenvalue weighted by Gasteiger charge is 2.11. The summed E-state index contributed by atoms with van der Waals surface area (Å²) in [5.74, 6) is -0.833. The molecule has 0 aromatic carbocycles. The highest BCUT2D eigenvalue weighted by Crippen LogP contribution is 2.13. The Labute approximate surface area is 104 Å². The lowest BCUT2D eigenvalue weighted by Crippen LogP contribution is -2.30. The van der Waals surface area contributed by atoms with Crippen LogP contribution in [0.1, 0.15) is 33.1 Å². The third-order valence-corrected chi connectivity index (χ3v) is 2.33. The summed E-state index contributed by atoms with van der Waals surface area (Å²) >= 11 is 0. The lowest BCUT2D eigenvalue weighted by atomic mass is 10.1. The molecular weight excluding hydrogens is 214 g/mol. The number of allylic oxidation sites excluding steroid dienone is 2. The summed E-state index contributed by atoms with van der Waals surface area (Å²) in [5.41, 5.74) is 0. The molecule has 0 amide bonds. The number of carboxylic acid groups (broad SMARTS) is 1. The second kappa shape index (κ2) is 9.70. The summed E-state index contributed by atoms with van der Waals surface area (Å²) in [7, 11) is 0. The summed E-state index contributed by atoms with van der Waals surface area (Å²) in [6, 6.07) is 0.536. The third-order valence-electron chi connectivity index (χ3n) is 2.33. The van der Waals surface area contributed by atoms with Crippen LogP contribution in [-0.4, -0.2) is 28.6 Å². The van der Waals surface area contributed by atoms with E-state index in [1.807, 2.05) is 6.08 Å². The van der Waals surface area contributed by atoms with Crippen LogP contribution in [0.5, 0.6) is 0 Å². The highest BCUT2D eigenvalue weighted by atomic mass is 16.4. The van der Waals surface area contributed by atoms with Crippen molar-refractivity contribution >= 4 is 5.97 Å². The minimum absolute atomic E-state index is 0.536. The maximum atomic E-state index is 9.00. The number of carbonyl (C=O) groups is 1. The van der Waals surface area contributed by atoms with Gasteiger partial charge in [-0.15, -0.1) is 6.58 Å². The summed E-state index contributed by atoms with van der Waals surface area (Å²) in [4.78, 5) is 11.4. The van der Waals surface area contributed by atoms with E-state index in [1.165, 1.54) is 12.8 Å². The van der Waals surface area contributed by atoms with E-state index in [4.69, 9.17) is 9.90 Å². The number of carboxylic acids is 1. The Hall–Kier alpha value is -1.51. The van der Waals surface area contributed by atoms with Crippen molar-refractivity contribution in [3.63, 3.8) is 0 Å². The minimum Gasteiger partial charge on any atom is -0.481 e. The standard InChI is InChI=1S/C12H19N.C2H4O2/c1-3-5-10-13-11-7-6-9-12(13)8-4-2;1-2(3)4/h4,6-7,9,11-12H,2-3,5,8,10H2,1H3;1H3,(H,3,4). The molecule has 0 aliphatic carbocycles. The number of nitrogens with zero attached hydrogens (tertiary/aromatic N) is 1. The first kappa shape index (κ1) is 15.5. The predicted octanol–water partition coefficient (Wildman–Crippen LogP) is 3.21. The van der Waals surface area contributed by atoms with Crippen LogP contribution in [0.4, 0.5) is 0 Å². The molecule has 3 heteroatoms. The fourth-order valence-electron chi connectivity index (χ4n) is 1.54. The molecule has 0 saturated heterocycles. The topological polar surface area (TPSA) is 40.5 Å². The van der Waals surface area contributed by atoms with Crippen molar-refractivity contribution in [1.29, 1.82) is 0 Å². The monoisotopic (exact) mass is 237 g/mol. The Morgan fingerprint density at radius 1 is 1.53 bits per heavy atom. The van der Waals surface area contributed by atoms with E-state index in [1.54, 1.807) is 0 Å². The van der Waals surface area contributed by atoms with Crippen LogP contribution >= 0.6 is 0 Å². The molecule has 1 aliphatic heterocycles. The fourth-order valence-corrected chi connectivity index (χ4v) is 1.54. The molecule has 1 unspecified atom stereocenters. The van der Waals surface area contributed by atoms with Crippen molar-refractivity contribution < 1.29 is 9.90 Å². The molecule has 0 saturated carbocycles. The smallest absolute Gasteiger partial charge is 0.300 e. The van der Waals surface area contributed by atoms with E-state index in [0.29, 0.717) is 6.04 Å². The molecule has 1 aliphatic rings. The second-order valence-electron chi connectivity index (χ2n) is 3.93. The van der Waals surface area contributed by atoms with Gasteiger partial charge in [0.05, 0.1) is 6.04 Å². The molecule has 0 spiro atoms. The Bertz CT molecular complexity index is 278. The first-order valence-electron chi connectivity index (χ1n) is 6.03. The van der Waals surface area contributed by atoms with Gasteiger partial charge in [0.15, 0.2) is 0 Å². The van der Waals surface area contributed by atoms with Crippen LogP contribution in [0.25, 0.3) is 0 Å². The molecule has 3 nitrogen and oxygen atoms in total. The van der Waals surface area contributed by atoms with E-state index in [-0.39, 0.29) is 0 Å². The van der Waals surface area contributed by atoms with Gasteiger partial charge in [-0.05, 0) is 25.1 Å². The van der Waals surface area contributed by atoms with Crippen LogP contribution < -0.4 is 0 Å². The minimum atomic E-state index is -0.833. The van der Waals surface area contributed by atoms with Gasteiger partial charge in [0, 0.05) is 13.5 Å². The maximum Gasteiger partial charge on any atom is 0.300 e. The van der Waals surface area contributed by atoms with Gasteiger partial charge in [-0.25, -0.2) is 0 Å². The van der Waals surface area contributed by atoms with Crippen LogP contribution in [0.2, 0.25) is 0 Å². The average molecular weight is 237 g/mol. The zero-order valence-corrected chi connectivity index (χ0v) is 10.8. The van der Waals surface area contributed by atoms with Gasteiger partial charge in [-0.1, -0.05) is 31.6 Å². The number of hydrogen-bond acceptors (Lipinski definition) is 2. The molecule has 1 rings (SSSR count). The number of aliphatic carboxylic acids is 1. The van der Waals surface area contributed by atoms with Crippen LogP contribution in [0.3, 0.4) is 0 Å². The van der Waals surface area contributed by atoms with E-state index >= 15 is 0 Å². The number of unbranched alkanes of at least 4 members (excludes halogenated alkanes) is 1. The molecule has 1 heterocycles. The molecule has 0 aromatic rings. The summed E-state index contributed by atoms with van der Waals surface area (Å²) in [5, 5.41) is 7.42. The molecular formula is C14H23NO2. The van der Waals surface area contributed by atoms with Gasteiger partial charge in [-0.2, -0.15) is 0 Å². The lowest BCUT2D eigenvalue weighted by Gasteiger charge is -2.29. The van der Waals surface area contributed by atoms with Gasteiger partial charge in [0.1, 0.15) is 0 Å². The molecule has 1 atom stereocenters. The zero-order chi connectivity index (χ0) is 13.1. The molecule has 1 N–H and O–H groups in total. The van der Waals surface area contributed by atoms with Gasteiger partial charge in [0.25, 0.3) is 5.97 Å². The first-order valence-corrected chi connectivity index (χ1v) is 6.03. The van der Waals surface area contributed by atoms with Crippen molar-refractivity contribution in [3.05, 3.63) is 37.1 Å². The quantitative estimate of drug-likeness (QED) is 0.746. The van der Waals surface area contributed by atoms with E-state index in [2.05, 4.69) is 42.8 Å². The van der Waals surface area contributed by atoms with Gasteiger partial charge in [-0.3, -0.25) is 4.79 Å². The van der Waals surface area contributed by atoms with Crippen molar-refractivity contribution in [2.24, 2.45) is 0 Å². The summed E-state index contributed by atoms with van der Waals surface area (Å²) < 4.78 is 0. The van der Waals surface area contributed by atoms with Crippen LogP contribution in [0, 0.1) is 0 Å². The normalized spacial score (nSPS) is 17.3. The Kier molecular flexibility index (Phi) is 8.84. The van der Waals surface area contributed by atoms with E-state index < -0.39 is 5.97 Å². The van der Waals surface area contributed by atoms with E-state index in [0.717, 1.165) is 19.9 Å². The number of hydrogen-bond donors (Lipinski definition) is 1. The third kappa shape index (κ3) is 8.31. The van der Waals surface area contributed by atoms with E-state index in [9.17, 15) is 0 Å². The zero-order valence-electron chi connectivity index (χ0n) is 10.8. The average Bonchev–Trinajstić information content (AvgIpc) is 2.28. The van der Waals surface area contributed by atoms with Crippen molar-refractivity contribution in [1.82, 2.24) is 4.90 Å². The number of rotatable bonds is 5. The summed E-state index contributed by atoms with van der Waals surface area (Å²) in [6.45, 7) is 8.26. The molecule has 0 bridgehead atoms. The van der Waals surface area contributed by atoms with Gasteiger partial charge in [0.2, 0.25) is 0 Å². The summed E-state index contributed by atoms with van der Waals surface area (Å²) in [6.07, 6.45) is 14.2. The molecule has 0 fully saturated rings. The Balaban J connectivity index is 0.000000557. The lowest BCUT2D eigenvalue weighted by molar-refractivity contribution is -0.134. The maximum absolute atomic E-state index is 9.00. The van der Waals surface area contributed by atoms with Crippen LogP contribution in [0.15, 0.2) is 37.1 Å². The SMILES string of the molecule is C=CCC1C=CC=CN1CCCC.CC(=O)O. The Morgan fingerprint density at radius 3 is 2.71 bits per heavy atom. The Morgan fingerprint density at radius 2 is 2.18 bits per heavy atom. The highest BCUT2D eigenvalue weighted by molar-refractivity contribution is 5.62. The largest absolute Gasteiger partial charge is 0.481 e. The molecule has 96 valence electrons. The molecule has 0 radical (unpaired) electrons. The van der Waals surface area contributed by atoms with Crippen LogP contribution in [-0.2, 0) is 4.79 Å². The molecule has 0 aromatic heterocycles. The first-order chi connectivity index (χ1) is 8.11. The van der Waals surface area contributed by atoms with Crippen molar-refractivity contribution in [3.8, 4) is 0 Å². The van der Waals surface area contributed by atoms with Gasteiger partial charge >= 0.3 is 0 Å².